The smallest absolute Gasteiger partial charge is 0.234 e. The van der Waals surface area contributed by atoms with Gasteiger partial charge in [0, 0.05) is 11.9 Å². The second kappa shape index (κ2) is 7.14. The average molecular weight is 340 g/mol. The van der Waals surface area contributed by atoms with Crippen LogP contribution in [0.2, 0.25) is 0 Å². The standard InChI is InChI=1S/C16H16N6OS/c1-11-6-2-3-7-12(11)19-14(23)10-24-16-21-20-15(22(16)17)13-8-4-5-9-18-13/h2-9H,10,17H2,1H3,(H,19,23). The molecular formula is C16H16N6OS. The number of aryl methyl sites for hydroxylation is 1. The summed E-state index contributed by atoms with van der Waals surface area (Å²) in [5, 5.41) is 11.4. The first-order chi connectivity index (χ1) is 11.6. The maximum atomic E-state index is 12.1. The molecule has 3 N–H and O–H groups in total. The number of nitrogens with zero attached hydrogens (tertiary/aromatic N) is 4. The lowest BCUT2D eigenvalue weighted by Gasteiger charge is -2.07. The molecule has 0 fully saturated rings. The van der Waals surface area contributed by atoms with E-state index in [1.807, 2.05) is 43.3 Å². The molecule has 0 radical (unpaired) electrons. The number of para-hydroxylation sites is 1. The Labute approximate surface area is 143 Å². The van der Waals surface area contributed by atoms with E-state index in [1.54, 1.807) is 12.3 Å². The number of thioether (sulfide) groups is 1. The quantitative estimate of drug-likeness (QED) is 0.545. The molecule has 0 saturated heterocycles. The summed E-state index contributed by atoms with van der Waals surface area (Å²) in [6, 6.07) is 13.1. The number of pyridine rings is 1. The van der Waals surface area contributed by atoms with Gasteiger partial charge in [0.25, 0.3) is 0 Å². The van der Waals surface area contributed by atoms with Gasteiger partial charge in [-0.1, -0.05) is 36.0 Å². The first-order valence-electron chi connectivity index (χ1n) is 7.25. The highest BCUT2D eigenvalue weighted by Gasteiger charge is 2.14. The van der Waals surface area contributed by atoms with Gasteiger partial charge in [0.2, 0.25) is 16.9 Å². The van der Waals surface area contributed by atoms with Gasteiger partial charge in [0.15, 0.2) is 0 Å². The molecule has 3 rings (SSSR count). The molecule has 1 aromatic carbocycles. The Balaban J connectivity index is 1.64. The Morgan fingerprint density at radius 3 is 2.75 bits per heavy atom. The van der Waals surface area contributed by atoms with E-state index in [-0.39, 0.29) is 11.7 Å². The minimum absolute atomic E-state index is 0.128. The van der Waals surface area contributed by atoms with Gasteiger partial charge >= 0.3 is 0 Å². The van der Waals surface area contributed by atoms with E-state index in [2.05, 4.69) is 20.5 Å². The third kappa shape index (κ3) is 3.54. The minimum Gasteiger partial charge on any atom is -0.335 e. The van der Waals surface area contributed by atoms with Crippen LogP contribution in [0.4, 0.5) is 5.69 Å². The van der Waals surface area contributed by atoms with E-state index in [0.29, 0.717) is 16.7 Å². The van der Waals surface area contributed by atoms with Crippen molar-refractivity contribution in [2.24, 2.45) is 0 Å². The Morgan fingerprint density at radius 1 is 1.21 bits per heavy atom. The van der Waals surface area contributed by atoms with Crippen LogP contribution in [0.1, 0.15) is 5.56 Å². The van der Waals surface area contributed by atoms with Crippen molar-refractivity contribution in [3.05, 3.63) is 54.2 Å². The maximum Gasteiger partial charge on any atom is 0.234 e. The second-order valence-corrected chi connectivity index (χ2v) is 5.99. The van der Waals surface area contributed by atoms with Gasteiger partial charge in [-0.3, -0.25) is 9.78 Å². The predicted octanol–water partition coefficient (Wildman–Crippen LogP) is 2.09. The molecule has 0 unspecified atom stereocenters. The molecule has 0 saturated carbocycles. The summed E-state index contributed by atoms with van der Waals surface area (Å²) in [4.78, 5) is 16.3. The molecule has 0 aliphatic heterocycles. The molecule has 0 aliphatic rings. The van der Waals surface area contributed by atoms with Crippen molar-refractivity contribution in [2.45, 2.75) is 12.1 Å². The van der Waals surface area contributed by atoms with Crippen LogP contribution in [-0.4, -0.2) is 31.5 Å². The fourth-order valence-electron chi connectivity index (χ4n) is 2.07. The monoisotopic (exact) mass is 340 g/mol. The fraction of sp³-hybridized carbons (Fsp3) is 0.125. The largest absolute Gasteiger partial charge is 0.335 e. The van der Waals surface area contributed by atoms with Crippen LogP contribution >= 0.6 is 11.8 Å². The van der Waals surface area contributed by atoms with Gasteiger partial charge in [0.05, 0.1) is 5.75 Å². The van der Waals surface area contributed by atoms with Crippen molar-refractivity contribution in [1.29, 1.82) is 0 Å². The molecule has 0 spiro atoms. The number of benzene rings is 1. The summed E-state index contributed by atoms with van der Waals surface area (Å²) < 4.78 is 1.34. The van der Waals surface area contributed by atoms with Crippen molar-refractivity contribution < 1.29 is 4.79 Å². The van der Waals surface area contributed by atoms with Crippen molar-refractivity contribution in [3.8, 4) is 11.5 Å². The molecule has 0 bridgehead atoms. The fourth-order valence-corrected chi connectivity index (χ4v) is 2.73. The number of hydrogen-bond acceptors (Lipinski definition) is 6. The molecule has 3 aromatic rings. The SMILES string of the molecule is Cc1ccccc1NC(=O)CSc1nnc(-c2ccccn2)n1N. The van der Waals surface area contributed by atoms with Crippen LogP contribution in [0.3, 0.4) is 0 Å². The van der Waals surface area contributed by atoms with E-state index in [1.165, 1.54) is 16.4 Å². The van der Waals surface area contributed by atoms with Crippen LogP contribution in [0.5, 0.6) is 0 Å². The zero-order chi connectivity index (χ0) is 16.9. The van der Waals surface area contributed by atoms with Gasteiger partial charge in [-0.15, -0.1) is 10.2 Å². The van der Waals surface area contributed by atoms with Crippen LogP contribution in [0.25, 0.3) is 11.5 Å². The number of nitrogen functional groups attached to an aromatic ring is 1. The summed E-state index contributed by atoms with van der Waals surface area (Å²) in [5.74, 6) is 6.51. The van der Waals surface area contributed by atoms with Crippen LogP contribution in [0, 0.1) is 6.92 Å². The summed E-state index contributed by atoms with van der Waals surface area (Å²) in [5.41, 5.74) is 2.44. The van der Waals surface area contributed by atoms with Gasteiger partial charge in [0.1, 0.15) is 5.69 Å². The lowest BCUT2D eigenvalue weighted by molar-refractivity contribution is -0.113. The number of anilines is 1. The Bertz CT molecular complexity index is 849. The molecule has 2 heterocycles. The summed E-state index contributed by atoms with van der Waals surface area (Å²) >= 11 is 1.22. The van der Waals surface area contributed by atoms with E-state index in [0.717, 1.165) is 11.3 Å². The van der Waals surface area contributed by atoms with E-state index < -0.39 is 0 Å². The van der Waals surface area contributed by atoms with E-state index in [9.17, 15) is 4.79 Å². The molecule has 1 amide bonds. The highest BCUT2D eigenvalue weighted by molar-refractivity contribution is 7.99. The third-order valence-corrected chi connectivity index (χ3v) is 4.25. The number of amides is 1. The summed E-state index contributed by atoms with van der Waals surface area (Å²) in [6.07, 6.45) is 1.66. The number of hydrogen-bond donors (Lipinski definition) is 2. The molecule has 0 aliphatic carbocycles. The number of carbonyl (C=O) groups excluding carboxylic acids is 1. The second-order valence-electron chi connectivity index (χ2n) is 5.04. The Hall–Kier alpha value is -2.87. The highest BCUT2D eigenvalue weighted by atomic mass is 32.2. The maximum absolute atomic E-state index is 12.1. The average Bonchev–Trinajstić information content (AvgIpc) is 2.97. The number of nitrogens with one attached hydrogen (secondary N) is 1. The topological polar surface area (TPSA) is 98.7 Å². The van der Waals surface area contributed by atoms with Crippen LogP contribution < -0.4 is 11.2 Å². The minimum atomic E-state index is -0.128. The lowest BCUT2D eigenvalue weighted by atomic mass is 10.2. The molecule has 8 heteroatoms. The summed E-state index contributed by atoms with van der Waals surface area (Å²) in [6.45, 7) is 1.94. The Kier molecular flexibility index (Phi) is 4.76. The third-order valence-electron chi connectivity index (χ3n) is 3.31. The van der Waals surface area contributed by atoms with Gasteiger partial charge in [-0.05, 0) is 30.7 Å². The summed E-state index contributed by atoms with van der Waals surface area (Å²) in [7, 11) is 0. The molecule has 2 aromatic heterocycles. The van der Waals surface area contributed by atoms with E-state index >= 15 is 0 Å². The van der Waals surface area contributed by atoms with Gasteiger partial charge in [-0.25, -0.2) is 4.68 Å². The van der Waals surface area contributed by atoms with Crippen molar-refractivity contribution in [2.75, 3.05) is 16.9 Å². The molecule has 7 nitrogen and oxygen atoms in total. The van der Waals surface area contributed by atoms with Gasteiger partial charge < -0.3 is 11.2 Å². The van der Waals surface area contributed by atoms with Crippen molar-refractivity contribution in [1.82, 2.24) is 19.9 Å². The number of nitrogens with two attached hydrogens (primary N) is 1. The number of carbonyl (C=O) groups is 1. The van der Waals surface area contributed by atoms with Gasteiger partial charge in [-0.2, -0.15) is 0 Å². The number of rotatable bonds is 5. The van der Waals surface area contributed by atoms with Crippen LogP contribution in [-0.2, 0) is 4.79 Å². The highest BCUT2D eigenvalue weighted by Crippen LogP contribution is 2.20. The predicted molar refractivity (Wildman–Crippen MR) is 93.9 cm³/mol. The normalized spacial score (nSPS) is 10.5. The molecule has 0 atom stereocenters. The molecule has 24 heavy (non-hydrogen) atoms. The zero-order valence-corrected chi connectivity index (χ0v) is 13.8. The van der Waals surface area contributed by atoms with Crippen LogP contribution in [0.15, 0.2) is 53.8 Å². The van der Waals surface area contributed by atoms with E-state index in [4.69, 9.17) is 5.84 Å². The lowest BCUT2D eigenvalue weighted by Crippen LogP contribution is -2.17. The first-order valence-corrected chi connectivity index (χ1v) is 8.24. The molecule has 122 valence electrons. The first kappa shape index (κ1) is 16.0. The Morgan fingerprint density at radius 2 is 2.00 bits per heavy atom. The number of aromatic nitrogens is 4. The molecular weight excluding hydrogens is 324 g/mol. The zero-order valence-electron chi connectivity index (χ0n) is 13.0. The van der Waals surface area contributed by atoms with Crippen molar-refractivity contribution in [3.63, 3.8) is 0 Å². The van der Waals surface area contributed by atoms with Crippen molar-refractivity contribution >= 4 is 23.4 Å².